The van der Waals surface area contributed by atoms with Crippen molar-refractivity contribution in [2.24, 2.45) is 0 Å². The first-order chi connectivity index (χ1) is 14.0. The molecule has 10 nitrogen and oxygen atoms in total. The fourth-order valence-electron chi connectivity index (χ4n) is 2.82. The number of thioether (sulfide) groups is 1. The van der Waals surface area contributed by atoms with Crippen molar-refractivity contribution in [3.05, 3.63) is 63.1 Å². The van der Waals surface area contributed by atoms with Gasteiger partial charge in [-0.2, -0.15) is 5.10 Å². The minimum Gasteiger partial charge on any atom is -0.383 e. The van der Waals surface area contributed by atoms with Crippen LogP contribution < -0.4 is 21.9 Å². The van der Waals surface area contributed by atoms with Crippen LogP contribution in [0.5, 0.6) is 0 Å². The third kappa shape index (κ3) is 4.74. The van der Waals surface area contributed by atoms with Crippen molar-refractivity contribution in [1.29, 1.82) is 0 Å². The quantitative estimate of drug-likeness (QED) is 0.462. The number of amides is 1. The Balaban J connectivity index is 1.94. The molecule has 0 aliphatic rings. The molecule has 0 fully saturated rings. The minimum absolute atomic E-state index is 0.0226. The second-order valence-corrected chi connectivity index (χ2v) is 7.15. The predicted molar refractivity (Wildman–Crippen MR) is 111 cm³/mol. The van der Waals surface area contributed by atoms with E-state index in [1.54, 1.807) is 0 Å². The number of nitrogen functional groups attached to an aromatic ring is 1. The summed E-state index contributed by atoms with van der Waals surface area (Å²) in [6, 6.07) is 9.24. The standard InChI is InChI=1S/C18H21N7O3S/c1-2-8-24(13(26)10-29-17-20-11-21-23-17)14-15(19)25(18(28)22-16(14)27)9-12-6-4-3-5-7-12/h3-7,11H,2,8-10,19H2,1H3,(H,20,21,23)(H,22,27,28). The molecule has 0 spiro atoms. The Labute approximate surface area is 170 Å². The lowest BCUT2D eigenvalue weighted by molar-refractivity contribution is -0.116. The van der Waals surface area contributed by atoms with Gasteiger partial charge in [-0.15, -0.1) is 0 Å². The number of anilines is 2. The van der Waals surface area contributed by atoms with Gasteiger partial charge < -0.3 is 10.6 Å². The van der Waals surface area contributed by atoms with E-state index in [9.17, 15) is 14.4 Å². The van der Waals surface area contributed by atoms with Crippen molar-refractivity contribution in [1.82, 2.24) is 24.7 Å². The summed E-state index contributed by atoms with van der Waals surface area (Å²) >= 11 is 1.16. The molecule has 0 aliphatic carbocycles. The Morgan fingerprint density at radius 2 is 2.03 bits per heavy atom. The van der Waals surface area contributed by atoms with Crippen LogP contribution in [-0.4, -0.2) is 42.9 Å². The van der Waals surface area contributed by atoms with Crippen LogP contribution in [0.4, 0.5) is 11.5 Å². The highest BCUT2D eigenvalue weighted by Crippen LogP contribution is 2.20. The van der Waals surface area contributed by atoms with E-state index >= 15 is 0 Å². The van der Waals surface area contributed by atoms with Gasteiger partial charge in [-0.3, -0.25) is 24.2 Å². The second kappa shape index (κ2) is 9.24. The first-order valence-electron chi connectivity index (χ1n) is 8.96. The van der Waals surface area contributed by atoms with E-state index < -0.39 is 11.2 Å². The third-order valence-electron chi connectivity index (χ3n) is 4.14. The van der Waals surface area contributed by atoms with E-state index in [0.717, 1.165) is 17.3 Å². The lowest BCUT2D eigenvalue weighted by Gasteiger charge is -2.24. The van der Waals surface area contributed by atoms with Crippen LogP contribution in [0.25, 0.3) is 0 Å². The lowest BCUT2D eigenvalue weighted by Crippen LogP contribution is -2.42. The van der Waals surface area contributed by atoms with E-state index in [1.807, 2.05) is 37.3 Å². The minimum atomic E-state index is -0.691. The molecule has 1 aromatic carbocycles. The second-order valence-electron chi connectivity index (χ2n) is 6.19. The normalized spacial score (nSPS) is 10.8. The summed E-state index contributed by atoms with van der Waals surface area (Å²) in [4.78, 5) is 45.3. The summed E-state index contributed by atoms with van der Waals surface area (Å²) in [6.45, 7) is 2.34. The molecule has 3 rings (SSSR count). The van der Waals surface area contributed by atoms with Gasteiger partial charge in [0.05, 0.1) is 12.3 Å². The zero-order valence-corrected chi connectivity index (χ0v) is 16.6. The molecule has 0 aliphatic heterocycles. The van der Waals surface area contributed by atoms with Crippen LogP contribution >= 0.6 is 11.8 Å². The molecule has 0 radical (unpaired) electrons. The van der Waals surface area contributed by atoms with Crippen LogP contribution in [0, 0.1) is 0 Å². The van der Waals surface area contributed by atoms with Crippen molar-refractivity contribution in [3.63, 3.8) is 0 Å². The Morgan fingerprint density at radius 3 is 2.69 bits per heavy atom. The summed E-state index contributed by atoms with van der Waals surface area (Å²) in [6.07, 6.45) is 1.95. The van der Waals surface area contributed by atoms with Gasteiger partial charge >= 0.3 is 5.69 Å². The topological polar surface area (TPSA) is 143 Å². The number of carbonyl (C=O) groups excluding carboxylic acids is 1. The van der Waals surface area contributed by atoms with Gasteiger partial charge in [-0.1, -0.05) is 49.0 Å². The summed E-state index contributed by atoms with van der Waals surface area (Å²) in [5, 5.41) is 6.89. The highest BCUT2D eigenvalue weighted by atomic mass is 32.2. The SMILES string of the molecule is CCCN(C(=O)CSc1ncn[nH]1)c1c(N)n(Cc2ccccc2)c(=O)[nH]c1=O. The molecule has 0 atom stereocenters. The van der Waals surface area contributed by atoms with E-state index in [-0.39, 0.29) is 36.3 Å². The molecule has 0 saturated carbocycles. The summed E-state index contributed by atoms with van der Waals surface area (Å²) in [5.41, 5.74) is 5.71. The smallest absolute Gasteiger partial charge is 0.330 e. The summed E-state index contributed by atoms with van der Waals surface area (Å²) < 4.78 is 1.26. The summed E-state index contributed by atoms with van der Waals surface area (Å²) in [7, 11) is 0. The number of hydrogen-bond donors (Lipinski definition) is 3. The molecule has 0 unspecified atom stereocenters. The number of benzene rings is 1. The van der Waals surface area contributed by atoms with E-state index in [4.69, 9.17) is 5.73 Å². The molecule has 0 saturated heterocycles. The van der Waals surface area contributed by atoms with E-state index in [2.05, 4.69) is 20.2 Å². The van der Waals surface area contributed by atoms with E-state index in [0.29, 0.717) is 11.6 Å². The fraction of sp³-hybridized carbons (Fsp3) is 0.278. The van der Waals surface area contributed by atoms with Crippen LogP contribution in [0.3, 0.4) is 0 Å². The highest BCUT2D eigenvalue weighted by Gasteiger charge is 2.24. The molecular formula is C18H21N7O3S. The molecule has 1 amide bonds. The van der Waals surface area contributed by atoms with Crippen molar-refractivity contribution in [3.8, 4) is 0 Å². The van der Waals surface area contributed by atoms with Gasteiger partial charge in [0.2, 0.25) is 5.91 Å². The maximum Gasteiger partial charge on any atom is 0.330 e. The van der Waals surface area contributed by atoms with Gasteiger partial charge in [-0.25, -0.2) is 9.78 Å². The van der Waals surface area contributed by atoms with Gasteiger partial charge in [-0.05, 0) is 12.0 Å². The number of nitrogens with two attached hydrogens (primary N) is 1. The van der Waals surface area contributed by atoms with Gasteiger partial charge in [0.1, 0.15) is 12.1 Å². The number of nitrogens with zero attached hydrogens (tertiary/aromatic N) is 4. The van der Waals surface area contributed by atoms with Crippen LogP contribution in [0.2, 0.25) is 0 Å². The molecule has 0 bridgehead atoms. The number of H-pyrrole nitrogens is 2. The zero-order valence-electron chi connectivity index (χ0n) is 15.8. The molecule has 2 aromatic heterocycles. The maximum atomic E-state index is 12.8. The van der Waals surface area contributed by atoms with Gasteiger partial charge in [0.25, 0.3) is 5.56 Å². The molecule has 152 valence electrons. The number of carbonyl (C=O) groups is 1. The van der Waals surface area contributed by atoms with Crippen LogP contribution in [-0.2, 0) is 11.3 Å². The maximum absolute atomic E-state index is 12.8. The first kappa shape index (κ1) is 20.4. The first-order valence-corrected chi connectivity index (χ1v) is 9.94. The fourth-order valence-corrected chi connectivity index (χ4v) is 3.47. The predicted octanol–water partition coefficient (Wildman–Crippen LogP) is 0.820. The Bertz CT molecular complexity index is 1080. The number of aromatic nitrogens is 5. The molecule has 29 heavy (non-hydrogen) atoms. The van der Waals surface area contributed by atoms with Gasteiger partial charge in [0, 0.05) is 6.54 Å². The Morgan fingerprint density at radius 1 is 1.28 bits per heavy atom. The molecule has 2 heterocycles. The van der Waals surface area contributed by atoms with Crippen molar-refractivity contribution < 1.29 is 4.79 Å². The van der Waals surface area contributed by atoms with Crippen LogP contribution in [0.15, 0.2) is 51.4 Å². The highest BCUT2D eigenvalue weighted by molar-refractivity contribution is 7.99. The number of nitrogens with one attached hydrogen (secondary N) is 2. The lowest BCUT2D eigenvalue weighted by atomic mass is 10.2. The average molecular weight is 415 g/mol. The third-order valence-corrected chi connectivity index (χ3v) is 5.00. The monoisotopic (exact) mass is 415 g/mol. The summed E-state index contributed by atoms with van der Waals surface area (Å²) in [5.74, 6) is -0.337. The average Bonchev–Trinajstić information content (AvgIpc) is 3.23. The van der Waals surface area contributed by atoms with Crippen molar-refractivity contribution in [2.45, 2.75) is 25.0 Å². The molecule has 3 aromatic rings. The van der Waals surface area contributed by atoms with Gasteiger partial charge in [0.15, 0.2) is 10.8 Å². The largest absolute Gasteiger partial charge is 0.383 e. The number of aromatic amines is 2. The van der Waals surface area contributed by atoms with Crippen molar-refractivity contribution >= 4 is 29.2 Å². The molecular weight excluding hydrogens is 394 g/mol. The Kier molecular flexibility index (Phi) is 6.50. The Hall–Kier alpha value is -3.34. The van der Waals surface area contributed by atoms with Crippen molar-refractivity contribution in [2.75, 3.05) is 22.9 Å². The van der Waals surface area contributed by atoms with E-state index in [1.165, 1.54) is 15.8 Å². The van der Waals surface area contributed by atoms with Crippen LogP contribution in [0.1, 0.15) is 18.9 Å². The number of hydrogen-bond acceptors (Lipinski definition) is 7. The molecule has 4 N–H and O–H groups in total. The zero-order chi connectivity index (χ0) is 20.8. The molecule has 11 heteroatoms. The number of rotatable bonds is 8.